The number of aryl methyl sites for hydroxylation is 1. The lowest BCUT2D eigenvalue weighted by atomic mass is 9.94. The second kappa shape index (κ2) is 5.38. The Morgan fingerprint density at radius 2 is 2.06 bits per heavy atom. The smallest absolute Gasteiger partial charge is 0.257 e. The number of nitrogens with two attached hydrogens (primary N) is 1. The highest BCUT2D eigenvalue weighted by molar-refractivity contribution is 5.98. The van der Waals surface area contributed by atoms with Crippen LogP contribution in [-0.4, -0.2) is 28.9 Å². The summed E-state index contributed by atoms with van der Waals surface area (Å²) < 4.78 is 0. The first-order valence-corrected chi connectivity index (χ1v) is 6.59. The van der Waals surface area contributed by atoms with E-state index < -0.39 is 0 Å². The molecule has 2 rings (SSSR count). The first-order valence-electron chi connectivity index (χ1n) is 6.59. The van der Waals surface area contributed by atoms with E-state index in [9.17, 15) is 4.79 Å². The quantitative estimate of drug-likeness (QED) is 0.872. The van der Waals surface area contributed by atoms with Crippen LogP contribution in [0.5, 0.6) is 0 Å². The average molecular weight is 247 g/mol. The maximum Gasteiger partial charge on any atom is 0.257 e. The third kappa shape index (κ3) is 2.63. The van der Waals surface area contributed by atoms with Crippen molar-refractivity contribution in [1.82, 2.24) is 9.88 Å². The van der Waals surface area contributed by atoms with Crippen LogP contribution in [0.15, 0.2) is 12.3 Å². The zero-order chi connectivity index (χ0) is 13.1. The van der Waals surface area contributed by atoms with Crippen molar-refractivity contribution in [1.29, 1.82) is 0 Å². The summed E-state index contributed by atoms with van der Waals surface area (Å²) in [5.41, 5.74) is 7.78. The van der Waals surface area contributed by atoms with Crippen molar-refractivity contribution in [3.8, 4) is 0 Å². The number of carbonyl (C=O) groups is 1. The summed E-state index contributed by atoms with van der Waals surface area (Å²) in [6.07, 6.45) is 7.50. The molecular weight excluding hydrogens is 226 g/mol. The summed E-state index contributed by atoms with van der Waals surface area (Å²) >= 11 is 0. The van der Waals surface area contributed by atoms with Gasteiger partial charge in [0.15, 0.2) is 0 Å². The van der Waals surface area contributed by atoms with E-state index in [1.165, 1.54) is 19.3 Å². The Balaban J connectivity index is 2.14. The standard InChI is InChI=1S/C14H21N3O/c1-10-8-13(15)12(9-16-10)14(18)17(2)11-6-4-3-5-7-11/h8-9,11H,3-7H2,1-2H3,(H2,15,16). The summed E-state index contributed by atoms with van der Waals surface area (Å²) in [6.45, 7) is 1.87. The number of pyridine rings is 1. The Morgan fingerprint density at radius 1 is 1.39 bits per heavy atom. The molecule has 1 fully saturated rings. The fourth-order valence-corrected chi connectivity index (χ4v) is 2.58. The monoisotopic (exact) mass is 247 g/mol. The molecular formula is C14H21N3O. The van der Waals surface area contributed by atoms with E-state index in [2.05, 4.69) is 4.98 Å². The summed E-state index contributed by atoms with van der Waals surface area (Å²) in [5.74, 6) is -0.00750. The van der Waals surface area contributed by atoms with Crippen molar-refractivity contribution in [3.05, 3.63) is 23.5 Å². The second-order valence-corrected chi connectivity index (χ2v) is 5.12. The Morgan fingerprint density at radius 3 is 2.67 bits per heavy atom. The van der Waals surface area contributed by atoms with Gasteiger partial charge in [0.05, 0.1) is 5.56 Å². The Hall–Kier alpha value is -1.58. The van der Waals surface area contributed by atoms with Crippen molar-refractivity contribution in [2.24, 2.45) is 0 Å². The van der Waals surface area contributed by atoms with E-state index in [1.54, 1.807) is 12.3 Å². The maximum absolute atomic E-state index is 12.4. The van der Waals surface area contributed by atoms with Gasteiger partial charge in [0.1, 0.15) is 0 Å². The van der Waals surface area contributed by atoms with E-state index in [0.29, 0.717) is 17.3 Å². The summed E-state index contributed by atoms with van der Waals surface area (Å²) in [7, 11) is 1.87. The number of anilines is 1. The second-order valence-electron chi connectivity index (χ2n) is 5.12. The molecule has 0 aromatic carbocycles. The van der Waals surface area contributed by atoms with Crippen LogP contribution < -0.4 is 5.73 Å². The molecule has 1 aliphatic carbocycles. The summed E-state index contributed by atoms with van der Waals surface area (Å²) in [5, 5.41) is 0. The predicted octanol–water partition coefficient (Wildman–Crippen LogP) is 2.38. The third-order valence-corrected chi connectivity index (χ3v) is 3.75. The normalized spacial score (nSPS) is 16.6. The molecule has 4 heteroatoms. The van der Waals surface area contributed by atoms with Crippen LogP contribution in [0.4, 0.5) is 5.69 Å². The Kier molecular flexibility index (Phi) is 3.84. The van der Waals surface area contributed by atoms with Crippen LogP contribution in [0.1, 0.15) is 48.2 Å². The molecule has 18 heavy (non-hydrogen) atoms. The highest BCUT2D eigenvalue weighted by Gasteiger charge is 2.24. The van der Waals surface area contributed by atoms with Crippen LogP contribution >= 0.6 is 0 Å². The lowest BCUT2D eigenvalue weighted by Gasteiger charge is -2.31. The summed E-state index contributed by atoms with van der Waals surface area (Å²) in [4.78, 5) is 18.4. The molecule has 0 spiro atoms. The minimum absolute atomic E-state index is 0.00750. The van der Waals surface area contributed by atoms with Gasteiger partial charge in [0, 0.05) is 30.7 Å². The molecule has 1 saturated carbocycles. The number of amides is 1. The van der Waals surface area contributed by atoms with Crippen molar-refractivity contribution in [2.45, 2.75) is 45.1 Å². The first kappa shape index (κ1) is 12.9. The zero-order valence-electron chi connectivity index (χ0n) is 11.1. The molecule has 0 saturated heterocycles. The van der Waals surface area contributed by atoms with Gasteiger partial charge in [-0.1, -0.05) is 19.3 Å². The lowest BCUT2D eigenvalue weighted by Crippen LogP contribution is -2.38. The van der Waals surface area contributed by atoms with Gasteiger partial charge in [-0.3, -0.25) is 9.78 Å². The van der Waals surface area contributed by atoms with Crippen LogP contribution in [0.2, 0.25) is 0 Å². The van der Waals surface area contributed by atoms with E-state index >= 15 is 0 Å². The van der Waals surface area contributed by atoms with Crippen molar-refractivity contribution in [3.63, 3.8) is 0 Å². The predicted molar refractivity (Wildman–Crippen MR) is 72.4 cm³/mol. The van der Waals surface area contributed by atoms with E-state index in [-0.39, 0.29) is 5.91 Å². The van der Waals surface area contributed by atoms with Gasteiger partial charge < -0.3 is 10.6 Å². The number of nitrogen functional groups attached to an aromatic ring is 1. The van der Waals surface area contributed by atoms with Crippen molar-refractivity contribution < 1.29 is 4.79 Å². The number of aromatic nitrogens is 1. The molecule has 0 bridgehead atoms. The third-order valence-electron chi connectivity index (χ3n) is 3.75. The summed E-state index contributed by atoms with van der Waals surface area (Å²) in [6, 6.07) is 2.11. The topological polar surface area (TPSA) is 59.2 Å². The van der Waals surface area contributed by atoms with Gasteiger partial charge in [-0.15, -0.1) is 0 Å². The van der Waals surface area contributed by atoms with Gasteiger partial charge in [-0.05, 0) is 25.8 Å². The minimum atomic E-state index is -0.00750. The van der Waals surface area contributed by atoms with Gasteiger partial charge >= 0.3 is 0 Å². The van der Waals surface area contributed by atoms with Crippen molar-refractivity contribution >= 4 is 11.6 Å². The maximum atomic E-state index is 12.4. The molecule has 4 nitrogen and oxygen atoms in total. The number of carbonyl (C=O) groups excluding carboxylic acids is 1. The van der Waals surface area contributed by atoms with Gasteiger partial charge in [0.2, 0.25) is 0 Å². The van der Waals surface area contributed by atoms with Crippen molar-refractivity contribution in [2.75, 3.05) is 12.8 Å². The molecule has 0 unspecified atom stereocenters. The molecule has 0 aliphatic heterocycles. The average Bonchev–Trinajstić information content (AvgIpc) is 2.38. The molecule has 0 radical (unpaired) electrons. The molecule has 98 valence electrons. The van der Waals surface area contributed by atoms with E-state index in [0.717, 1.165) is 18.5 Å². The Bertz CT molecular complexity index is 439. The highest BCUT2D eigenvalue weighted by atomic mass is 16.2. The zero-order valence-corrected chi connectivity index (χ0v) is 11.1. The number of nitrogens with zero attached hydrogens (tertiary/aromatic N) is 2. The molecule has 2 N–H and O–H groups in total. The molecule has 1 aromatic rings. The number of rotatable bonds is 2. The van der Waals surface area contributed by atoms with Gasteiger partial charge in [0.25, 0.3) is 5.91 Å². The molecule has 1 aromatic heterocycles. The first-order chi connectivity index (χ1) is 8.59. The SMILES string of the molecule is Cc1cc(N)c(C(=O)N(C)C2CCCCC2)cn1. The largest absolute Gasteiger partial charge is 0.398 e. The Labute approximate surface area is 108 Å². The fraction of sp³-hybridized carbons (Fsp3) is 0.571. The minimum Gasteiger partial charge on any atom is -0.398 e. The van der Waals surface area contributed by atoms with E-state index in [4.69, 9.17) is 5.73 Å². The molecule has 0 atom stereocenters. The molecule has 1 heterocycles. The number of hydrogen-bond donors (Lipinski definition) is 1. The number of hydrogen-bond acceptors (Lipinski definition) is 3. The van der Waals surface area contributed by atoms with Crippen LogP contribution in [0, 0.1) is 6.92 Å². The lowest BCUT2D eigenvalue weighted by molar-refractivity contribution is 0.0697. The molecule has 1 aliphatic rings. The van der Waals surface area contributed by atoms with Gasteiger partial charge in [-0.2, -0.15) is 0 Å². The van der Waals surface area contributed by atoms with E-state index in [1.807, 2.05) is 18.9 Å². The van der Waals surface area contributed by atoms with Crippen LogP contribution in [0.3, 0.4) is 0 Å². The van der Waals surface area contributed by atoms with Crippen LogP contribution in [0.25, 0.3) is 0 Å². The fourth-order valence-electron chi connectivity index (χ4n) is 2.58. The van der Waals surface area contributed by atoms with Crippen LogP contribution in [-0.2, 0) is 0 Å². The highest BCUT2D eigenvalue weighted by Crippen LogP contribution is 2.24. The van der Waals surface area contributed by atoms with Gasteiger partial charge in [-0.25, -0.2) is 0 Å². The molecule has 1 amide bonds.